The first-order chi connectivity index (χ1) is 15.7. The number of methoxy groups -OCH3 is 1. The molecule has 0 fully saturated rings. The van der Waals surface area contributed by atoms with Crippen molar-refractivity contribution in [1.29, 1.82) is 0 Å². The first-order valence-electron chi connectivity index (χ1n) is 10.4. The summed E-state index contributed by atoms with van der Waals surface area (Å²) < 4.78 is 7.79. The summed E-state index contributed by atoms with van der Waals surface area (Å²) in [5.74, 6) is 0.761. The number of fused-ring (bicyclic) bond motifs is 1. The summed E-state index contributed by atoms with van der Waals surface area (Å²) in [6, 6.07) is 24.2. The predicted octanol–water partition coefficient (Wildman–Crippen LogP) is 6.84. The van der Waals surface area contributed by atoms with Gasteiger partial charge in [0.1, 0.15) is 11.4 Å². The largest absolute Gasteiger partial charge is 0.494 e. The van der Waals surface area contributed by atoms with E-state index in [9.17, 15) is 0 Å². The number of hydrogen-bond acceptors (Lipinski definition) is 3. The maximum Gasteiger partial charge on any atom is 0.190 e. The molecule has 3 aromatic carbocycles. The molecule has 2 heterocycles. The number of aromatic nitrogens is 2. The second kappa shape index (κ2) is 9.07. The minimum atomic E-state index is 0.730. The lowest BCUT2D eigenvalue weighted by Crippen LogP contribution is -2.17. The van der Waals surface area contributed by atoms with Crippen LogP contribution in [0.4, 0.5) is 5.69 Å². The van der Waals surface area contributed by atoms with Crippen LogP contribution in [0.3, 0.4) is 0 Å². The Hall–Kier alpha value is -3.28. The quantitative estimate of drug-likeness (QED) is 0.297. The minimum Gasteiger partial charge on any atom is -0.494 e. The van der Waals surface area contributed by atoms with Gasteiger partial charge in [-0.15, -0.1) is 11.3 Å². The average molecular weight is 460 g/mol. The van der Waals surface area contributed by atoms with E-state index < -0.39 is 0 Å². The van der Waals surface area contributed by atoms with Gasteiger partial charge in [0.15, 0.2) is 4.80 Å². The number of aromatic amines is 1. The number of nitrogens with one attached hydrogen (secondary N) is 1. The zero-order valence-electron chi connectivity index (χ0n) is 17.6. The molecular weight excluding hydrogens is 438 g/mol. The topological polar surface area (TPSA) is 42.3 Å². The molecule has 0 radical (unpaired) electrons. The Morgan fingerprint density at radius 1 is 1.00 bits per heavy atom. The average Bonchev–Trinajstić information content (AvgIpc) is 3.42. The summed E-state index contributed by atoms with van der Waals surface area (Å²) in [4.78, 5) is 9.27. The van der Waals surface area contributed by atoms with E-state index >= 15 is 0 Å². The standard InChI is InChI=1S/C26H22ClN3OS/c1-31-25-9-5-4-8-23(25)29-26-30(24(17-32-26)18-10-12-20(27)13-11-18)15-14-19-16-28-22-7-3-2-6-21(19)22/h2-13,16-17,28H,14-15H2,1H3. The highest BCUT2D eigenvalue weighted by Gasteiger charge is 2.11. The molecule has 5 aromatic rings. The zero-order chi connectivity index (χ0) is 21.9. The van der Waals surface area contributed by atoms with Crippen molar-refractivity contribution in [1.82, 2.24) is 9.55 Å². The lowest BCUT2D eigenvalue weighted by Gasteiger charge is -2.10. The first-order valence-corrected chi connectivity index (χ1v) is 11.7. The zero-order valence-corrected chi connectivity index (χ0v) is 19.2. The maximum atomic E-state index is 6.13. The Morgan fingerprint density at radius 3 is 2.62 bits per heavy atom. The Morgan fingerprint density at radius 2 is 1.78 bits per heavy atom. The molecule has 0 aliphatic rings. The van der Waals surface area contributed by atoms with Crippen LogP contribution < -0.4 is 9.54 Å². The van der Waals surface area contributed by atoms with E-state index in [1.165, 1.54) is 10.9 Å². The van der Waals surface area contributed by atoms with Gasteiger partial charge in [0.25, 0.3) is 0 Å². The third-order valence-corrected chi connectivity index (χ3v) is 6.63. The molecule has 0 unspecified atom stereocenters. The molecule has 0 atom stereocenters. The molecule has 0 amide bonds. The molecule has 0 spiro atoms. The number of benzene rings is 3. The number of thiazole rings is 1. The summed E-state index contributed by atoms with van der Waals surface area (Å²) in [6.07, 6.45) is 3.00. The van der Waals surface area contributed by atoms with Gasteiger partial charge in [-0.2, -0.15) is 0 Å². The second-order valence-corrected chi connectivity index (χ2v) is 8.73. The van der Waals surface area contributed by atoms with E-state index in [0.717, 1.165) is 51.0 Å². The Balaban J connectivity index is 1.58. The van der Waals surface area contributed by atoms with E-state index in [0.29, 0.717) is 0 Å². The van der Waals surface area contributed by atoms with Crippen LogP contribution in [0.25, 0.3) is 22.2 Å². The molecule has 32 heavy (non-hydrogen) atoms. The van der Waals surface area contributed by atoms with Crippen molar-refractivity contribution in [3.63, 3.8) is 0 Å². The van der Waals surface area contributed by atoms with Gasteiger partial charge in [0, 0.05) is 34.0 Å². The highest BCUT2D eigenvalue weighted by atomic mass is 35.5. The van der Waals surface area contributed by atoms with Gasteiger partial charge < -0.3 is 14.3 Å². The van der Waals surface area contributed by atoms with Crippen LogP contribution in [0.1, 0.15) is 5.56 Å². The molecular formula is C26H22ClN3OS. The van der Waals surface area contributed by atoms with E-state index in [1.807, 2.05) is 36.4 Å². The highest BCUT2D eigenvalue weighted by molar-refractivity contribution is 7.07. The van der Waals surface area contributed by atoms with Crippen LogP contribution in [0.15, 0.2) is 89.4 Å². The SMILES string of the molecule is COc1ccccc1N=c1scc(-c2ccc(Cl)cc2)n1CCc1c[nH]c2ccccc12. The lowest BCUT2D eigenvalue weighted by molar-refractivity contribution is 0.416. The van der Waals surface area contributed by atoms with Crippen molar-refractivity contribution in [2.45, 2.75) is 13.0 Å². The van der Waals surface area contributed by atoms with Gasteiger partial charge in [-0.3, -0.25) is 0 Å². The number of H-pyrrole nitrogens is 1. The lowest BCUT2D eigenvalue weighted by atomic mass is 10.1. The number of para-hydroxylation sites is 3. The molecule has 0 saturated heterocycles. The molecule has 160 valence electrons. The smallest absolute Gasteiger partial charge is 0.190 e. The highest BCUT2D eigenvalue weighted by Crippen LogP contribution is 2.28. The van der Waals surface area contributed by atoms with Crippen molar-refractivity contribution < 1.29 is 4.74 Å². The molecule has 6 heteroatoms. The van der Waals surface area contributed by atoms with Crippen molar-refractivity contribution in [2.24, 2.45) is 4.99 Å². The Bertz CT molecular complexity index is 1430. The van der Waals surface area contributed by atoms with E-state index in [2.05, 4.69) is 57.5 Å². The van der Waals surface area contributed by atoms with E-state index in [4.69, 9.17) is 21.3 Å². The number of hydrogen-bond donors (Lipinski definition) is 1. The van der Waals surface area contributed by atoms with Crippen LogP contribution in [0.5, 0.6) is 5.75 Å². The number of halogens is 1. The molecule has 0 bridgehead atoms. The summed E-state index contributed by atoms with van der Waals surface area (Å²) in [5, 5.41) is 4.15. The van der Waals surface area contributed by atoms with Gasteiger partial charge in [0.2, 0.25) is 0 Å². The number of aryl methyl sites for hydroxylation is 1. The Labute approximate surface area is 195 Å². The molecule has 2 aromatic heterocycles. The van der Waals surface area contributed by atoms with Gasteiger partial charge in [-0.1, -0.05) is 54.1 Å². The van der Waals surface area contributed by atoms with Crippen LogP contribution in [0.2, 0.25) is 5.02 Å². The van der Waals surface area contributed by atoms with Crippen LogP contribution >= 0.6 is 22.9 Å². The third kappa shape index (κ3) is 4.09. The summed E-state index contributed by atoms with van der Waals surface area (Å²) in [6.45, 7) is 0.803. The second-order valence-electron chi connectivity index (χ2n) is 7.46. The molecule has 0 aliphatic carbocycles. The fourth-order valence-corrected chi connectivity index (χ4v) is 4.96. The minimum absolute atomic E-state index is 0.730. The van der Waals surface area contributed by atoms with Crippen LogP contribution in [-0.2, 0) is 13.0 Å². The normalized spacial score (nSPS) is 11.9. The third-order valence-electron chi connectivity index (χ3n) is 5.52. The van der Waals surface area contributed by atoms with E-state index in [1.54, 1.807) is 18.4 Å². The monoisotopic (exact) mass is 459 g/mol. The van der Waals surface area contributed by atoms with Crippen molar-refractivity contribution in [2.75, 3.05) is 7.11 Å². The molecule has 0 aliphatic heterocycles. The Kier molecular flexibility index (Phi) is 5.84. The maximum absolute atomic E-state index is 6.13. The first kappa shape index (κ1) is 20.6. The van der Waals surface area contributed by atoms with E-state index in [-0.39, 0.29) is 0 Å². The number of ether oxygens (including phenoxy) is 1. The molecule has 4 nitrogen and oxygen atoms in total. The van der Waals surface area contributed by atoms with Crippen molar-refractivity contribution >= 4 is 39.5 Å². The summed E-state index contributed by atoms with van der Waals surface area (Å²) in [7, 11) is 1.67. The van der Waals surface area contributed by atoms with Gasteiger partial charge in [-0.05, 0) is 47.9 Å². The number of nitrogens with zero attached hydrogens (tertiary/aromatic N) is 2. The number of rotatable bonds is 6. The van der Waals surface area contributed by atoms with Gasteiger partial charge in [0.05, 0.1) is 12.8 Å². The predicted molar refractivity (Wildman–Crippen MR) is 133 cm³/mol. The van der Waals surface area contributed by atoms with Crippen LogP contribution in [-0.4, -0.2) is 16.7 Å². The van der Waals surface area contributed by atoms with Gasteiger partial charge in [-0.25, -0.2) is 4.99 Å². The van der Waals surface area contributed by atoms with Gasteiger partial charge >= 0.3 is 0 Å². The molecule has 1 N–H and O–H groups in total. The van der Waals surface area contributed by atoms with Crippen molar-refractivity contribution in [3.05, 3.63) is 99.8 Å². The summed E-state index contributed by atoms with van der Waals surface area (Å²) >= 11 is 7.76. The van der Waals surface area contributed by atoms with Crippen molar-refractivity contribution in [3.8, 4) is 17.0 Å². The van der Waals surface area contributed by atoms with Crippen LogP contribution in [0, 0.1) is 0 Å². The molecule has 5 rings (SSSR count). The summed E-state index contributed by atoms with van der Waals surface area (Å²) in [5.41, 5.74) is 5.52. The molecule has 0 saturated carbocycles. The fourth-order valence-electron chi connectivity index (χ4n) is 3.88. The fraction of sp³-hybridized carbons (Fsp3) is 0.115.